The molecule has 3 rings (SSSR count). The van der Waals surface area contributed by atoms with Gasteiger partial charge in [0.2, 0.25) is 0 Å². The third kappa shape index (κ3) is 2.89. The van der Waals surface area contributed by atoms with Crippen molar-refractivity contribution in [2.75, 3.05) is 13.2 Å². The monoisotopic (exact) mass is 274 g/mol. The van der Waals surface area contributed by atoms with Crippen LogP contribution in [-0.2, 0) is 6.42 Å². The fourth-order valence-electron chi connectivity index (χ4n) is 2.56. The van der Waals surface area contributed by atoms with Crippen molar-refractivity contribution in [2.24, 2.45) is 0 Å². The average molecular weight is 274 g/mol. The largest absolute Gasteiger partial charge is 0.489 e. The first kappa shape index (κ1) is 13.3. The number of H-pyrrole nitrogens is 1. The van der Waals surface area contributed by atoms with Gasteiger partial charge < -0.3 is 14.5 Å². The van der Waals surface area contributed by atoms with Gasteiger partial charge in [-0.25, -0.2) is 4.98 Å². The first-order chi connectivity index (χ1) is 9.86. The summed E-state index contributed by atoms with van der Waals surface area (Å²) in [5.74, 6) is 2.71. The third-order valence-electron chi connectivity index (χ3n) is 3.67. The molecule has 4 heteroatoms. The molecule has 0 fully saturated rings. The number of benzene rings is 1. The van der Waals surface area contributed by atoms with E-state index in [1.54, 1.807) is 0 Å². The highest BCUT2D eigenvalue weighted by Crippen LogP contribution is 2.33. The molecule has 0 aliphatic carbocycles. The van der Waals surface area contributed by atoms with E-state index in [1.807, 2.05) is 12.1 Å². The second kappa shape index (κ2) is 6.16. The number of nitrogens with one attached hydrogen (secondary N) is 1. The summed E-state index contributed by atoms with van der Waals surface area (Å²) in [5.41, 5.74) is 2.01. The van der Waals surface area contributed by atoms with Crippen molar-refractivity contribution >= 4 is 11.0 Å². The summed E-state index contributed by atoms with van der Waals surface area (Å²) >= 11 is 0. The molecular weight excluding hydrogens is 252 g/mol. The Morgan fingerprint density at radius 1 is 1.10 bits per heavy atom. The number of hydrogen-bond donors (Lipinski definition) is 1. The highest BCUT2D eigenvalue weighted by Gasteiger charge is 2.13. The minimum atomic E-state index is 0.715. The molecule has 0 spiro atoms. The summed E-state index contributed by atoms with van der Waals surface area (Å²) in [5, 5.41) is 0. The molecule has 0 unspecified atom stereocenters. The summed E-state index contributed by atoms with van der Waals surface area (Å²) in [7, 11) is 0. The molecule has 1 aromatic carbocycles. The number of aromatic amines is 1. The fourth-order valence-corrected chi connectivity index (χ4v) is 2.56. The highest BCUT2D eigenvalue weighted by molar-refractivity contribution is 5.79. The normalized spacial score (nSPS) is 14.4. The van der Waals surface area contributed by atoms with E-state index < -0.39 is 0 Å². The van der Waals surface area contributed by atoms with Crippen LogP contribution in [0.25, 0.3) is 11.0 Å². The Hall–Kier alpha value is -1.71. The topological polar surface area (TPSA) is 47.1 Å². The average Bonchev–Trinajstić information content (AvgIpc) is 2.70. The maximum Gasteiger partial charge on any atom is 0.163 e. The van der Waals surface area contributed by atoms with E-state index in [4.69, 9.17) is 9.47 Å². The Kier molecular flexibility index (Phi) is 4.09. The number of hydrogen-bond acceptors (Lipinski definition) is 3. The minimum absolute atomic E-state index is 0.715. The van der Waals surface area contributed by atoms with Gasteiger partial charge in [0.1, 0.15) is 5.82 Å². The molecule has 1 N–H and O–H groups in total. The molecule has 0 bridgehead atoms. The lowest BCUT2D eigenvalue weighted by Gasteiger charge is -2.05. The smallest absolute Gasteiger partial charge is 0.163 e. The van der Waals surface area contributed by atoms with Gasteiger partial charge in [0.15, 0.2) is 11.5 Å². The van der Waals surface area contributed by atoms with Gasteiger partial charge in [-0.05, 0) is 6.42 Å². The zero-order valence-electron chi connectivity index (χ0n) is 12.1. The maximum atomic E-state index is 5.71. The van der Waals surface area contributed by atoms with Gasteiger partial charge >= 0.3 is 0 Å². The molecule has 0 radical (unpaired) electrons. The molecule has 108 valence electrons. The summed E-state index contributed by atoms with van der Waals surface area (Å²) in [6.07, 6.45) is 6.98. The predicted octanol–water partition coefficient (Wildman–Crippen LogP) is 3.85. The van der Waals surface area contributed by atoms with Crippen molar-refractivity contribution in [3.8, 4) is 11.5 Å². The summed E-state index contributed by atoms with van der Waals surface area (Å²) in [4.78, 5) is 8.05. The van der Waals surface area contributed by atoms with E-state index in [9.17, 15) is 0 Å². The number of imidazole rings is 1. The second-order valence-electron chi connectivity index (χ2n) is 5.36. The van der Waals surface area contributed by atoms with E-state index in [0.29, 0.717) is 6.61 Å². The molecule has 1 aliphatic rings. The molecule has 0 atom stereocenters. The zero-order valence-corrected chi connectivity index (χ0v) is 12.1. The van der Waals surface area contributed by atoms with Crippen LogP contribution in [0.1, 0.15) is 44.9 Å². The van der Waals surface area contributed by atoms with E-state index in [0.717, 1.165) is 47.8 Å². The van der Waals surface area contributed by atoms with Gasteiger partial charge in [-0.3, -0.25) is 0 Å². The number of rotatable bonds is 5. The Morgan fingerprint density at radius 2 is 1.90 bits per heavy atom. The number of nitrogens with zero attached hydrogens (tertiary/aromatic N) is 1. The molecule has 4 nitrogen and oxygen atoms in total. The van der Waals surface area contributed by atoms with Gasteiger partial charge in [0.05, 0.1) is 24.2 Å². The standard InChI is InChI=1S/C16H22N2O2/c1-2-3-4-5-7-16-17-12-10-14-15(11-13(12)18-16)20-9-6-8-19-14/h10-11H,2-9H2,1H3,(H,17,18). The molecule has 0 amide bonds. The van der Waals surface area contributed by atoms with Crippen LogP contribution < -0.4 is 9.47 Å². The van der Waals surface area contributed by atoms with Crippen LogP contribution >= 0.6 is 0 Å². The van der Waals surface area contributed by atoms with Crippen molar-refractivity contribution in [3.63, 3.8) is 0 Å². The predicted molar refractivity (Wildman–Crippen MR) is 79.5 cm³/mol. The van der Waals surface area contributed by atoms with Gasteiger partial charge in [-0.1, -0.05) is 26.2 Å². The molecule has 20 heavy (non-hydrogen) atoms. The van der Waals surface area contributed by atoms with Crippen LogP contribution in [0.4, 0.5) is 0 Å². The SMILES string of the molecule is CCCCCCc1nc2cc3c(cc2[nH]1)OCCCO3. The van der Waals surface area contributed by atoms with Gasteiger partial charge in [-0.15, -0.1) is 0 Å². The minimum Gasteiger partial charge on any atom is -0.489 e. The number of unbranched alkanes of at least 4 members (excludes halogenated alkanes) is 3. The molecule has 1 aromatic heterocycles. The molecule has 2 heterocycles. The van der Waals surface area contributed by atoms with Gasteiger partial charge in [0.25, 0.3) is 0 Å². The molecule has 0 saturated heterocycles. The highest BCUT2D eigenvalue weighted by atomic mass is 16.5. The summed E-state index contributed by atoms with van der Waals surface area (Å²) < 4.78 is 11.4. The number of fused-ring (bicyclic) bond motifs is 2. The van der Waals surface area contributed by atoms with Crippen molar-refractivity contribution < 1.29 is 9.47 Å². The lowest BCUT2D eigenvalue weighted by molar-refractivity contribution is 0.297. The van der Waals surface area contributed by atoms with Crippen LogP contribution in [0.5, 0.6) is 11.5 Å². The first-order valence-corrected chi connectivity index (χ1v) is 7.65. The second-order valence-corrected chi connectivity index (χ2v) is 5.36. The lowest BCUT2D eigenvalue weighted by Crippen LogP contribution is -1.97. The first-order valence-electron chi connectivity index (χ1n) is 7.65. The van der Waals surface area contributed by atoms with Crippen LogP contribution in [0, 0.1) is 0 Å². The number of ether oxygens (including phenoxy) is 2. The molecular formula is C16H22N2O2. The molecule has 0 saturated carbocycles. The van der Waals surface area contributed by atoms with Crippen LogP contribution in [0.3, 0.4) is 0 Å². The molecule has 2 aromatic rings. The van der Waals surface area contributed by atoms with Crippen molar-refractivity contribution in [2.45, 2.75) is 45.4 Å². The fraction of sp³-hybridized carbons (Fsp3) is 0.562. The number of aromatic nitrogens is 2. The summed E-state index contributed by atoms with van der Waals surface area (Å²) in [6, 6.07) is 4.00. The Bertz CT molecular complexity index is 534. The van der Waals surface area contributed by atoms with Crippen molar-refractivity contribution in [1.29, 1.82) is 0 Å². The lowest BCUT2D eigenvalue weighted by atomic mass is 10.1. The van der Waals surface area contributed by atoms with Gasteiger partial charge in [0, 0.05) is 25.0 Å². The molecule has 1 aliphatic heterocycles. The number of aryl methyl sites for hydroxylation is 1. The van der Waals surface area contributed by atoms with Crippen molar-refractivity contribution in [1.82, 2.24) is 9.97 Å². The van der Waals surface area contributed by atoms with Crippen LogP contribution in [-0.4, -0.2) is 23.2 Å². The Morgan fingerprint density at radius 3 is 2.70 bits per heavy atom. The van der Waals surface area contributed by atoms with E-state index in [-0.39, 0.29) is 0 Å². The van der Waals surface area contributed by atoms with E-state index >= 15 is 0 Å². The Balaban J connectivity index is 1.77. The van der Waals surface area contributed by atoms with Crippen LogP contribution in [0.15, 0.2) is 12.1 Å². The quantitative estimate of drug-likeness (QED) is 0.842. The summed E-state index contributed by atoms with van der Waals surface area (Å²) in [6.45, 7) is 3.66. The Labute approximate surface area is 119 Å². The van der Waals surface area contributed by atoms with E-state index in [1.165, 1.54) is 25.7 Å². The van der Waals surface area contributed by atoms with Crippen LogP contribution in [0.2, 0.25) is 0 Å². The van der Waals surface area contributed by atoms with Crippen molar-refractivity contribution in [3.05, 3.63) is 18.0 Å². The zero-order chi connectivity index (χ0) is 13.8. The maximum absolute atomic E-state index is 5.71. The van der Waals surface area contributed by atoms with E-state index in [2.05, 4.69) is 16.9 Å². The third-order valence-corrected chi connectivity index (χ3v) is 3.67. The van der Waals surface area contributed by atoms with Gasteiger partial charge in [-0.2, -0.15) is 0 Å².